The molecule has 8 heteroatoms. The Labute approximate surface area is 107 Å². The number of halogens is 1. The zero-order valence-electron chi connectivity index (χ0n) is 10.1. The van der Waals surface area contributed by atoms with Gasteiger partial charge in [-0.15, -0.1) is 0 Å². The monoisotopic (exact) mass is 265 g/mol. The van der Waals surface area contributed by atoms with Crippen molar-refractivity contribution >= 4 is 17.3 Å². The number of rotatable bonds is 4. The molecule has 0 bridgehead atoms. The van der Waals surface area contributed by atoms with E-state index in [0.717, 1.165) is 6.07 Å². The average molecular weight is 265 g/mol. The largest absolute Gasteiger partial charge is 0.398 e. The third kappa shape index (κ3) is 2.79. The molecule has 0 saturated carbocycles. The highest BCUT2D eigenvalue weighted by molar-refractivity contribution is 5.99. The molecule has 0 saturated heterocycles. The molecule has 1 aromatic heterocycles. The molecule has 0 aliphatic rings. The van der Waals surface area contributed by atoms with Crippen LogP contribution >= 0.6 is 0 Å². The van der Waals surface area contributed by atoms with Crippen LogP contribution in [0.15, 0.2) is 16.7 Å². The summed E-state index contributed by atoms with van der Waals surface area (Å²) in [5.41, 5.74) is 10.8. The molecule has 2 aromatic rings. The first kappa shape index (κ1) is 12.8. The fraction of sp³-hybridized carbons (Fsp3) is 0.182. The van der Waals surface area contributed by atoms with Gasteiger partial charge in [-0.3, -0.25) is 4.79 Å². The molecule has 1 aromatic carbocycles. The van der Waals surface area contributed by atoms with Gasteiger partial charge in [0.1, 0.15) is 5.82 Å². The van der Waals surface area contributed by atoms with Gasteiger partial charge in [-0.2, -0.15) is 4.98 Å². The highest BCUT2D eigenvalue weighted by atomic mass is 19.1. The Balaban J connectivity index is 2.20. The molecule has 0 radical (unpaired) electrons. The predicted octanol–water partition coefficient (Wildman–Crippen LogP) is 0.810. The van der Waals surface area contributed by atoms with Crippen LogP contribution in [0.4, 0.5) is 15.8 Å². The van der Waals surface area contributed by atoms with Crippen LogP contribution < -0.4 is 16.8 Å². The summed E-state index contributed by atoms with van der Waals surface area (Å²) in [5, 5.41) is 6.39. The number of nitrogens with one attached hydrogen (secondary N) is 1. The number of hydrogen-bond donors (Lipinski definition) is 3. The Hall–Kier alpha value is -2.64. The number of amides is 1. The summed E-state index contributed by atoms with van der Waals surface area (Å²) in [5.74, 6) is -0.541. The molecular weight excluding hydrogens is 253 g/mol. The van der Waals surface area contributed by atoms with Crippen LogP contribution in [0.5, 0.6) is 0 Å². The van der Waals surface area contributed by atoms with E-state index in [-0.39, 0.29) is 23.5 Å². The first-order valence-electron chi connectivity index (χ1n) is 5.39. The smallest absolute Gasteiger partial charge is 0.250 e. The normalized spacial score (nSPS) is 10.4. The zero-order chi connectivity index (χ0) is 14.0. The molecule has 2 rings (SSSR count). The number of carbonyl (C=O) groups excluding carboxylic acids is 1. The van der Waals surface area contributed by atoms with E-state index in [2.05, 4.69) is 15.5 Å². The Bertz CT molecular complexity index is 626. The van der Waals surface area contributed by atoms with E-state index in [1.165, 1.54) is 6.07 Å². The molecule has 19 heavy (non-hydrogen) atoms. The number of aromatic nitrogens is 2. The van der Waals surface area contributed by atoms with Gasteiger partial charge in [0.15, 0.2) is 5.82 Å². The van der Waals surface area contributed by atoms with Gasteiger partial charge in [-0.1, -0.05) is 5.16 Å². The molecule has 5 N–H and O–H groups in total. The van der Waals surface area contributed by atoms with Crippen molar-refractivity contribution in [3.63, 3.8) is 0 Å². The second-order valence-electron chi connectivity index (χ2n) is 3.87. The third-order valence-corrected chi connectivity index (χ3v) is 2.41. The van der Waals surface area contributed by atoms with Gasteiger partial charge in [-0.25, -0.2) is 4.39 Å². The second kappa shape index (κ2) is 4.92. The number of carbonyl (C=O) groups is 1. The van der Waals surface area contributed by atoms with Crippen LogP contribution in [0.25, 0.3) is 0 Å². The van der Waals surface area contributed by atoms with Crippen molar-refractivity contribution in [3.05, 3.63) is 35.2 Å². The Morgan fingerprint density at radius 3 is 2.84 bits per heavy atom. The third-order valence-electron chi connectivity index (χ3n) is 2.41. The lowest BCUT2D eigenvalue weighted by atomic mass is 10.1. The van der Waals surface area contributed by atoms with E-state index < -0.39 is 11.7 Å². The topological polar surface area (TPSA) is 120 Å². The van der Waals surface area contributed by atoms with E-state index in [4.69, 9.17) is 16.0 Å². The van der Waals surface area contributed by atoms with Gasteiger partial charge in [0.05, 0.1) is 17.8 Å². The molecule has 7 nitrogen and oxygen atoms in total. The SMILES string of the molecule is Cc1nc(CNc2cc(C(N)=O)c(N)cc2F)no1. The summed E-state index contributed by atoms with van der Waals surface area (Å²) < 4.78 is 18.4. The summed E-state index contributed by atoms with van der Waals surface area (Å²) in [6.07, 6.45) is 0. The molecule has 0 aliphatic carbocycles. The van der Waals surface area contributed by atoms with E-state index >= 15 is 0 Å². The standard InChI is InChI=1S/C11H12FN5O2/c1-5-16-10(17-19-5)4-15-9-2-6(11(14)18)8(13)3-7(9)12/h2-3,15H,4,13H2,1H3,(H2,14,18). The van der Waals surface area contributed by atoms with Crippen molar-refractivity contribution in [2.24, 2.45) is 5.73 Å². The molecule has 100 valence electrons. The molecule has 0 aliphatic heterocycles. The zero-order valence-corrected chi connectivity index (χ0v) is 10.1. The number of nitrogens with two attached hydrogens (primary N) is 2. The summed E-state index contributed by atoms with van der Waals surface area (Å²) in [6, 6.07) is 2.28. The molecule has 1 amide bonds. The summed E-state index contributed by atoms with van der Waals surface area (Å²) in [6.45, 7) is 1.79. The van der Waals surface area contributed by atoms with Gasteiger partial charge in [0.2, 0.25) is 5.89 Å². The van der Waals surface area contributed by atoms with Crippen molar-refractivity contribution in [1.82, 2.24) is 10.1 Å². The summed E-state index contributed by atoms with van der Waals surface area (Å²) in [4.78, 5) is 15.1. The van der Waals surface area contributed by atoms with Crippen molar-refractivity contribution in [2.75, 3.05) is 11.1 Å². The quantitative estimate of drug-likeness (QED) is 0.703. The maximum absolute atomic E-state index is 13.6. The minimum absolute atomic E-state index is 0.00837. The molecule has 1 heterocycles. The molecule has 0 atom stereocenters. The Morgan fingerprint density at radius 1 is 1.53 bits per heavy atom. The number of primary amides is 1. The Morgan fingerprint density at radius 2 is 2.26 bits per heavy atom. The lowest BCUT2D eigenvalue weighted by molar-refractivity contribution is 0.100. The number of nitrogen functional groups attached to an aromatic ring is 1. The lowest BCUT2D eigenvalue weighted by Gasteiger charge is -2.09. The van der Waals surface area contributed by atoms with Crippen LogP contribution in [-0.4, -0.2) is 16.0 Å². The number of benzene rings is 1. The fourth-order valence-electron chi connectivity index (χ4n) is 1.52. The number of hydrogen-bond acceptors (Lipinski definition) is 6. The maximum Gasteiger partial charge on any atom is 0.250 e. The van der Waals surface area contributed by atoms with Crippen LogP contribution in [-0.2, 0) is 6.54 Å². The summed E-state index contributed by atoms with van der Waals surface area (Å²) in [7, 11) is 0. The van der Waals surface area contributed by atoms with Crippen molar-refractivity contribution in [2.45, 2.75) is 13.5 Å². The van der Waals surface area contributed by atoms with E-state index in [1.807, 2.05) is 0 Å². The first-order valence-corrected chi connectivity index (χ1v) is 5.39. The van der Waals surface area contributed by atoms with Gasteiger partial charge < -0.3 is 21.3 Å². The second-order valence-corrected chi connectivity index (χ2v) is 3.87. The molecule has 0 spiro atoms. The highest BCUT2D eigenvalue weighted by Gasteiger charge is 2.12. The van der Waals surface area contributed by atoms with Crippen molar-refractivity contribution in [1.29, 1.82) is 0 Å². The number of nitrogens with zero attached hydrogens (tertiary/aromatic N) is 2. The minimum Gasteiger partial charge on any atom is -0.398 e. The maximum atomic E-state index is 13.6. The minimum atomic E-state index is -0.726. The number of anilines is 2. The van der Waals surface area contributed by atoms with Gasteiger partial charge in [0.25, 0.3) is 5.91 Å². The molecule has 0 fully saturated rings. The van der Waals surface area contributed by atoms with Gasteiger partial charge >= 0.3 is 0 Å². The van der Waals surface area contributed by atoms with Crippen LogP contribution in [0.3, 0.4) is 0 Å². The Kier molecular flexibility index (Phi) is 3.32. The van der Waals surface area contributed by atoms with Crippen LogP contribution in [0, 0.1) is 12.7 Å². The average Bonchev–Trinajstić information content (AvgIpc) is 2.73. The van der Waals surface area contributed by atoms with Crippen LogP contribution in [0.1, 0.15) is 22.1 Å². The lowest BCUT2D eigenvalue weighted by Crippen LogP contribution is -2.15. The van der Waals surface area contributed by atoms with Gasteiger partial charge in [-0.05, 0) is 12.1 Å². The number of aryl methyl sites for hydroxylation is 1. The molecule has 0 unspecified atom stereocenters. The van der Waals surface area contributed by atoms with Crippen molar-refractivity contribution in [3.8, 4) is 0 Å². The highest BCUT2D eigenvalue weighted by Crippen LogP contribution is 2.22. The predicted molar refractivity (Wildman–Crippen MR) is 65.7 cm³/mol. The van der Waals surface area contributed by atoms with Crippen molar-refractivity contribution < 1.29 is 13.7 Å². The van der Waals surface area contributed by atoms with Gasteiger partial charge in [0, 0.05) is 12.6 Å². The molecular formula is C11H12FN5O2. The van der Waals surface area contributed by atoms with E-state index in [0.29, 0.717) is 11.7 Å². The van der Waals surface area contributed by atoms with E-state index in [1.54, 1.807) is 6.92 Å². The summed E-state index contributed by atoms with van der Waals surface area (Å²) >= 11 is 0. The van der Waals surface area contributed by atoms with Crippen LogP contribution in [0.2, 0.25) is 0 Å². The first-order chi connectivity index (χ1) is 8.97. The fourth-order valence-corrected chi connectivity index (χ4v) is 1.52. The van der Waals surface area contributed by atoms with E-state index in [9.17, 15) is 9.18 Å².